The zero-order valence-electron chi connectivity index (χ0n) is 31.6. The first-order valence-corrected chi connectivity index (χ1v) is 18.4. The largest absolute Gasteiger partial charge is 0.497 e. The quantitative estimate of drug-likeness (QED) is 0.134. The minimum absolute atomic E-state index is 0.0686. The van der Waals surface area contributed by atoms with Gasteiger partial charge in [-0.15, -0.1) is 0 Å². The predicted molar refractivity (Wildman–Crippen MR) is 199 cm³/mol. The first kappa shape index (κ1) is 38.4. The third kappa shape index (κ3) is 5.97. The van der Waals surface area contributed by atoms with Crippen LogP contribution in [-0.4, -0.2) is 94.4 Å². The molecule has 55 heavy (non-hydrogen) atoms. The monoisotopic (exact) mass is 754 g/mol. The van der Waals surface area contributed by atoms with Crippen molar-refractivity contribution in [1.82, 2.24) is 0 Å². The molecule has 3 aromatic rings. The van der Waals surface area contributed by atoms with E-state index >= 15 is 0 Å². The minimum atomic E-state index is -2.20. The van der Waals surface area contributed by atoms with E-state index in [4.69, 9.17) is 23.7 Å². The minimum Gasteiger partial charge on any atom is -0.497 e. The second kappa shape index (κ2) is 13.7. The Kier molecular flexibility index (Phi) is 9.56. The summed E-state index contributed by atoms with van der Waals surface area (Å²) in [6.07, 6.45) is -4.79. The average molecular weight is 755 g/mol. The van der Waals surface area contributed by atoms with Crippen molar-refractivity contribution in [2.75, 3.05) is 13.7 Å². The number of aliphatic hydroxyl groups is 3. The number of rotatable bonds is 7. The molecule has 3 aliphatic carbocycles. The van der Waals surface area contributed by atoms with Crippen molar-refractivity contribution in [1.29, 1.82) is 0 Å². The molecular formula is C43H46O12. The van der Waals surface area contributed by atoms with Gasteiger partial charge in [0.2, 0.25) is 0 Å². The van der Waals surface area contributed by atoms with E-state index in [1.807, 2.05) is 36.4 Å². The number of carbonyl (C=O) groups excluding carboxylic acids is 4. The predicted octanol–water partition coefficient (Wildman–Crippen LogP) is 4.51. The van der Waals surface area contributed by atoms with E-state index < -0.39 is 82.2 Å². The summed E-state index contributed by atoms with van der Waals surface area (Å²) in [5.41, 5.74) is -6.02. The molecule has 3 fully saturated rings. The number of ether oxygens (including phenoxy) is 5. The summed E-state index contributed by atoms with van der Waals surface area (Å²) in [6, 6.07) is 19.3. The lowest BCUT2D eigenvalue weighted by molar-refractivity contribution is -0.345. The van der Waals surface area contributed by atoms with Gasteiger partial charge in [-0.25, -0.2) is 9.59 Å². The summed E-state index contributed by atoms with van der Waals surface area (Å²) >= 11 is 0. The van der Waals surface area contributed by atoms with Gasteiger partial charge in [-0.1, -0.05) is 50.2 Å². The van der Waals surface area contributed by atoms with E-state index in [0.717, 1.165) is 16.3 Å². The zero-order valence-corrected chi connectivity index (χ0v) is 31.6. The van der Waals surface area contributed by atoms with Gasteiger partial charge < -0.3 is 39.0 Å². The molecule has 3 N–H and O–H groups in total. The second-order valence-corrected chi connectivity index (χ2v) is 15.9. The maximum absolute atomic E-state index is 14.9. The van der Waals surface area contributed by atoms with Gasteiger partial charge in [0, 0.05) is 31.3 Å². The number of carbonyl (C=O) groups is 4. The fourth-order valence-corrected chi connectivity index (χ4v) is 9.59. The van der Waals surface area contributed by atoms with Crippen molar-refractivity contribution in [2.45, 2.75) is 89.2 Å². The van der Waals surface area contributed by atoms with Crippen LogP contribution < -0.4 is 4.74 Å². The van der Waals surface area contributed by atoms with E-state index in [-0.39, 0.29) is 30.6 Å². The highest BCUT2D eigenvalue weighted by Gasteiger charge is 2.78. The molecule has 0 amide bonds. The highest BCUT2D eigenvalue weighted by molar-refractivity contribution is 5.94. The van der Waals surface area contributed by atoms with Crippen molar-refractivity contribution >= 4 is 40.5 Å². The van der Waals surface area contributed by atoms with Gasteiger partial charge >= 0.3 is 17.9 Å². The van der Waals surface area contributed by atoms with E-state index in [2.05, 4.69) is 0 Å². The maximum Gasteiger partial charge on any atom is 0.338 e. The highest BCUT2D eigenvalue weighted by Crippen LogP contribution is 2.64. The Labute approximate surface area is 318 Å². The van der Waals surface area contributed by atoms with Crippen molar-refractivity contribution < 1.29 is 58.2 Å². The topological polar surface area (TPSA) is 175 Å². The highest BCUT2D eigenvalue weighted by atomic mass is 16.6. The summed E-state index contributed by atoms with van der Waals surface area (Å²) in [5, 5.41) is 39.1. The van der Waals surface area contributed by atoms with Crippen molar-refractivity contribution in [3.8, 4) is 5.75 Å². The number of esters is 3. The lowest BCUT2D eigenvalue weighted by Gasteiger charge is -2.67. The van der Waals surface area contributed by atoms with Crippen LogP contribution in [0.2, 0.25) is 0 Å². The number of aliphatic hydroxyl groups excluding tert-OH is 2. The van der Waals surface area contributed by atoms with Crippen LogP contribution >= 0.6 is 0 Å². The fraction of sp³-hybridized carbons (Fsp3) is 0.442. The molecule has 0 unspecified atom stereocenters. The third-order valence-corrected chi connectivity index (χ3v) is 12.7. The summed E-state index contributed by atoms with van der Waals surface area (Å²) in [4.78, 5) is 55.2. The number of hydrogen-bond donors (Lipinski definition) is 3. The van der Waals surface area contributed by atoms with E-state index in [0.29, 0.717) is 11.3 Å². The molecule has 12 nitrogen and oxygen atoms in total. The number of benzene rings is 3. The van der Waals surface area contributed by atoms with Crippen LogP contribution in [0.4, 0.5) is 0 Å². The molecule has 1 aliphatic heterocycles. The average Bonchev–Trinajstić information content (AvgIpc) is 3.15. The van der Waals surface area contributed by atoms with Gasteiger partial charge in [-0.3, -0.25) is 9.59 Å². The Morgan fingerprint density at radius 1 is 0.945 bits per heavy atom. The second-order valence-electron chi connectivity index (χ2n) is 15.9. The first-order valence-electron chi connectivity index (χ1n) is 18.4. The van der Waals surface area contributed by atoms with Gasteiger partial charge in [0.15, 0.2) is 11.4 Å². The first-order chi connectivity index (χ1) is 26.0. The maximum atomic E-state index is 14.9. The van der Waals surface area contributed by atoms with E-state index in [9.17, 15) is 34.5 Å². The number of Topliss-reactive ketones (excluding diaryl/α,β-unsaturated/α-hetero) is 1. The molecule has 0 aromatic heterocycles. The Morgan fingerprint density at radius 2 is 1.64 bits per heavy atom. The number of ketones is 1. The molecule has 4 aliphatic rings. The normalized spacial score (nSPS) is 33.7. The van der Waals surface area contributed by atoms with Crippen LogP contribution in [0.25, 0.3) is 16.8 Å². The van der Waals surface area contributed by atoms with Crippen LogP contribution in [0.5, 0.6) is 5.75 Å². The molecule has 12 heteroatoms. The lowest BCUT2D eigenvalue weighted by atomic mass is 9.44. The third-order valence-electron chi connectivity index (χ3n) is 12.7. The van der Waals surface area contributed by atoms with Gasteiger partial charge in [-0.05, 0) is 77.7 Å². The molecule has 2 bridgehead atoms. The van der Waals surface area contributed by atoms with Crippen LogP contribution in [0, 0.1) is 16.7 Å². The molecule has 1 saturated heterocycles. The molecular weight excluding hydrogens is 708 g/mol. The summed E-state index contributed by atoms with van der Waals surface area (Å²) in [6.45, 7) is 7.26. The molecule has 1 heterocycles. The number of fused-ring (bicyclic) bond motifs is 6. The standard InChI is InChI=1S/C43H46O12/c1-23-30(53-33(46)17-13-25-12-14-28-19-29(51-6)16-15-27(28)18-25)21-43(50)38(54-39(49)26-10-8-7-9-11-26)36-41(5,37(48)35(47)34(23)40(43,3)4)31(45)20-32-42(36,22-52-32)55-24(2)44/h7-19,30-32,35-36,38,45,47,50H,20-22H2,1-6H3/b17-13+/t30-,31-,32+,35+,36-,38-,41+,42-,43+/m0/s1. The van der Waals surface area contributed by atoms with Crippen LogP contribution in [0.1, 0.15) is 63.4 Å². The molecule has 3 aromatic carbocycles. The van der Waals surface area contributed by atoms with E-state index in [1.165, 1.54) is 32.1 Å². The molecule has 7 rings (SSSR count). The van der Waals surface area contributed by atoms with Gasteiger partial charge in [0.1, 0.15) is 35.8 Å². The SMILES string of the molecule is COc1ccc2cc(/C=C/C(=O)O[C@H]3C[C@@]4(O)[C@@H](OC(=O)c5ccccc5)[C@@H]5[C@]6(OC(C)=O)CO[C@@H]6C[C@H](O)[C@@]5(C)C(=O)[C@H](O)C(=C3C)C4(C)C)ccc2c1. The molecule has 290 valence electrons. The Morgan fingerprint density at radius 3 is 2.29 bits per heavy atom. The Balaban J connectivity index is 1.33. The van der Waals surface area contributed by atoms with E-state index in [1.54, 1.807) is 52.2 Å². The summed E-state index contributed by atoms with van der Waals surface area (Å²) in [7, 11) is 1.59. The van der Waals surface area contributed by atoms with Gasteiger partial charge in [-0.2, -0.15) is 0 Å². The fourth-order valence-electron chi connectivity index (χ4n) is 9.59. The van der Waals surface area contributed by atoms with Crippen LogP contribution in [0.3, 0.4) is 0 Å². The van der Waals surface area contributed by atoms with Gasteiger partial charge in [0.05, 0.1) is 36.7 Å². The molecule has 9 atom stereocenters. The smallest absolute Gasteiger partial charge is 0.338 e. The summed E-state index contributed by atoms with van der Waals surface area (Å²) in [5.74, 6) is -3.86. The van der Waals surface area contributed by atoms with Crippen molar-refractivity contribution in [3.05, 3.63) is 95.1 Å². The molecule has 2 saturated carbocycles. The lowest BCUT2D eigenvalue weighted by Crippen LogP contribution is -2.81. The molecule has 0 radical (unpaired) electrons. The van der Waals surface area contributed by atoms with Crippen LogP contribution in [-0.2, 0) is 33.3 Å². The molecule has 0 spiro atoms. The van der Waals surface area contributed by atoms with Crippen molar-refractivity contribution in [2.24, 2.45) is 16.7 Å². The number of hydrogen-bond acceptors (Lipinski definition) is 12. The zero-order chi connectivity index (χ0) is 39.7. The Bertz CT molecular complexity index is 2120. The van der Waals surface area contributed by atoms with Crippen molar-refractivity contribution in [3.63, 3.8) is 0 Å². The Hall–Kier alpha value is -4.88. The summed E-state index contributed by atoms with van der Waals surface area (Å²) < 4.78 is 29.5. The number of methoxy groups -OCH3 is 1. The van der Waals surface area contributed by atoms with Crippen LogP contribution in [0.15, 0.2) is 84.0 Å². The van der Waals surface area contributed by atoms with Gasteiger partial charge in [0.25, 0.3) is 0 Å².